The van der Waals surface area contributed by atoms with Crippen LogP contribution in [0.25, 0.3) is 6.08 Å². The van der Waals surface area contributed by atoms with Crippen molar-refractivity contribution in [3.63, 3.8) is 0 Å². The predicted octanol–water partition coefficient (Wildman–Crippen LogP) is 4.13. The molecule has 1 amide bonds. The number of halogens is 1. The van der Waals surface area contributed by atoms with Gasteiger partial charge < -0.3 is 4.74 Å². The quantitative estimate of drug-likeness (QED) is 0.792. The van der Waals surface area contributed by atoms with Crippen LogP contribution in [-0.4, -0.2) is 12.5 Å². The fourth-order valence-electron chi connectivity index (χ4n) is 2.38. The van der Waals surface area contributed by atoms with Crippen LogP contribution >= 0.6 is 11.6 Å². The largest absolute Gasteiger partial charge is 0.485 e. The van der Waals surface area contributed by atoms with E-state index in [2.05, 4.69) is 0 Å². The zero-order valence-corrected chi connectivity index (χ0v) is 12.3. The molecule has 0 saturated carbocycles. The zero-order chi connectivity index (χ0) is 14.8. The first-order chi connectivity index (χ1) is 10.1. The molecule has 2 aromatic rings. The van der Waals surface area contributed by atoms with Gasteiger partial charge in [0, 0.05) is 11.9 Å². The number of anilines is 1. The summed E-state index contributed by atoms with van der Waals surface area (Å²) in [6.45, 7) is 1.89. The maximum Gasteiger partial charge on any atom is 0.228 e. The van der Waals surface area contributed by atoms with Crippen molar-refractivity contribution in [3.05, 3.63) is 64.8 Å². The fourth-order valence-corrected chi connectivity index (χ4v) is 2.54. The van der Waals surface area contributed by atoms with Gasteiger partial charge in [-0.2, -0.15) is 0 Å². The monoisotopic (exact) mass is 299 g/mol. The summed E-state index contributed by atoms with van der Waals surface area (Å²) in [5.74, 6) is 0.601. The minimum atomic E-state index is -0.0657. The standard InChI is InChI=1S/C17H14ClNO2/c1-12(20)19-15(9-13-5-3-2-4-6-13)11-21-17-8-7-14(18)10-16(17)19/h2-10H,11H2,1H3/b15-9-. The van der Waals surface area contributed by atoms with Gasteiger partial charge in [-0.3, -0.25) is 9.69 Å². The van der Waals surface area contributed by atoms with Crippen LogP contribution in [0.1, 0.15) is 12.5 Å². The van der Waals surface area contributed by atoms with Gasteiger partial charge in [-0.1, -0.05) is 41.9 Å². The van der Waals surface area contributed by atoms with E-state index in [1.165, 1.54) is 6.92 Å². The highest BCUT2D eigenvalue weighted by molar-refractivity contribution is 6.31. The van der Waals surface area contributed by atoms with Crippen molar-refractivity contribution < 1.29 is 9.53 Å². The lowest BCUT2D eigenvalue weighted by molar-refractivity contribution is -0.116. The summed E-state index contributed by atoms with van der Waals surface area (Å²) in [7, 11) is 0. The average Bonchev–Trinajstić information content (AvgIpc) is 2.47. The molecule has 21 heavy (non-hydrogen) atoms. The summed E-state index contributed by atoms with van der Waals surface area (Å²) in [6.07, 6.45) is 1.95. The van der Waals surface area contributed by atoms with Crippen molar-refractivity contribution >= 4 is 29.3 Å². The molecule has 0 aliphatic carbocycles. The van der Waals surface area contributed by atoms with Crippen LogP contribution < -0.4 is 9.64 Å². The summed E-state index contributed by atoms with van der Waals surface area (Å²) >= 11 is 6.04. The third-order valence-electron chi connectivity index (χ3n) is 3.27. The zero-order valence-electron chi connectivity index (χ0n) is 11.5. The number of carbonyl (C=O) groups excluding carboxylic acids is 1. The number of ether oxygens (including phenoxy) is 1. The Morgan fingerprint density at radius 1 is 1.24 bits per heavy atom. The van der Waals surface area contributed by atoms with Crippen molar-refractivity contribution in [1.29, 1.82) is 0 Å². The first-order valence-electron chi connectivity index (χ1n) is 6.64. The van der Waals surface area contributed by atoms with Crippen LogP contribution in [0, 0.1) is 0 Å². The van der Waals surface area contributed by atoms with E-state index in [1.807, 2.05) is 36.4 Å². The van der Waals surface area contributed by atoms with Crippen molar-refractivity contribution in [2.24, 2.45) is 0 Å². The summed E-state index contributed by atoms with van der Waals surface area (Å²) < 4.78 is 5.72. The maximum atomic E-state index is 12.1. The molecule has 0 unspecified atom stereocenters. The van der Waals surface area contributed by atoms with Gasteiger partial charge in [-0.05, 0) is 29.8 Å². The summed E-state index contributed by atoms with van der Waals surface area (Å²) in [4.78, 5) is 13.7. The van der Waals surface area contributed by atoms with Gasteiger partial charge >= 0.3 is 0 Å². The minimum Gasteiger partial charge on any atom is -0.485 e. The van der Waals surface area contributed by atoms with Gasteiger partial charge in [0.2, 0.25) is 5.91 Å². The van der Waals surface area contributed by atoms with Gasteiger partial charge in [0.25, 0.3) is 0 Å². The molecule has 0 N–H and O–H groups in total. The van der Waals surface area contributed by atoms with E-state index in [4.69, 9.17) is 16.3 Å². The molecule has 4 heteroatoms. The van der Waals surface area contributed by atoms with Gasteiger partial charge in [-0.25, -0.2) is 0 Å². The SMILES string of the molecule is CC(=O)N1/C(=C\c2ccccc2)COc2ccc(Cl)cc21. The van der Waals surface area contributed by atoms with Gasteiger partial charge in [0.1, 0.15) is 12.4 Å². The molecule has 0 bridgehead atoms. The third-order valence-corrected chi connectivity index (χ3v) is 3.51. The molecule has 3 nitrogen and oxygen atoms in total. The number of amides is 1. The Hall–Kier alpha value is -2.26. The second-order valence-corrected chi connectivity index (χ2v) is 5.24. The van der Waals surface area contributed by atoms with Crippen LogP contribution in [0.15, 0.2) is 54.2 Å². The highest BCUT2D eigenvalue weighted by Gasteiger charge is 2.26. The highest BCUT2D eigenvalue weighted by Crippen LogP contribution is 2.37. The molecule has 0 aromatic heterocycles. The lowest BCUT2D eigenvalue weighted by atomic mass is 10.1. The van der Waals surface area contributed by atoms with E-state index in [1.54, 1.807) is 23.1 Å². The van der Waals surface area contributed by atoms with Crippen molar-refractivity contribution in [3.8, 4) is 5.75 Å². The van der Waals surface area contributed by atoms with E-state index in [-0.39, 0.29) is 5.91 Å². The maximum absolute atomic E-state index is 12.1. The summed E-state index contributed by atoms with van der Waals surface area (Å²) in [5, 5.41) is 0.574. The second-order valence-electron chi connectivity index (χ2n) is 4.80. The number of fused-ring (bicyclic) bond motifs is 1. The van der Waals surface area contributed by atoms with Crippen LogP contribution in [0.3, 0.4) is 0 Å². The molecule has 0 spiro atoms. The summed E-state index contributed by atoms with van der Waals surface area (Å²) in [6, 6.07) is 15.1. The first-order valence-corrected chi connectivity index (χ1v) is 7.01. The molecule has 1 aliphatic rings. The van der Waals surface area contributed by atoms with Crippen LogP contribution in [-0.2, 0) is 4.79 Å². The Morgan fingerprint density at radius 2 is 2.00 bits per heavy atom. The van der Waals surface area contributed by atoms with Crippen molar-refractivity contribution in [2.45, 2.75) is 6.92 Å². The Bertz CT molecular complexity index is 710. The fraction of sp³-hybridized carbons (Fsp3) is 0.118. The first kappa shape index (κ1) is 13.7. The van der Waals surface area contributed by atoms with Gasteiger partial charge in [-0.15, -0.1) is 0 Å². The summed E-state index contributed by atoms with van der Waals surface area (Å²) in [5.41, 5.74) is 2.50. The number of hydrogen-bond donors (Lipinski definition) is 0. The molecule has 0 radical (unpaired) electrons. The number of rotatable bonds is 1. The highest BCUT2D eigenvalue weighted by atomic mass is 35.5. The number of hydrogen-bond acceptors (Lipinski definition) is 2. The van der Waals surface area contributed by atoms with E-state index in [0.29, 0.717) is 23.1 Å². The van der Waals surface area contributed by atoms with Gasteiger partial charge in [0.15, 0.2) is 0 Å². The van der Waals surface area contributed by atoms with Crippen LogP contribution in [0.5, 0.6) is 5.75 Å². The molecule has 106 valence electrons. The van der Waals surface area contributed by atoms with Crippen molar-refractivity contribution in [2.75, 3.05) is 11.5 Å². The second kappa shape index (κ2) is 5.62. The Balaban J connectivity index is 2.07. The van der Waals surface area contributed by atoms with Crippen LogP contribution in [0.2, 0.25) is 5.02 Å². The smallest absolute Gasteiger partial charge is 0.228 e. The molecule has 1 aliphatic heterocycles. The lowest BCUT2D eigenvalue weighted by Crippen LogP contribution is -2.34. The predicted molar refractivity (Wildman–Crippen MR) is 84.5 cm³/mol. The minimum absolute atomic E-state index is 0.0657. The molecule has 2 aromatic carbocycles. The van der Waals surface area contributed by atoms with Crippen LogP contribution in [0.4, 0.5) is 5.69 Å². The molecule has 1 heterocycles. The van der Waals surface area contributed by atoms with Gasteiger partial charge in [0.05, 0.1) is 11.4 Å². The molecule has 3 rings (SSSR count). The average molecular weight is 300 g/mol. The normalized spacial score (nSPS) is 15.5. The molecular weight excluding hydrogens is 286 g/mol. The topological polar surface area (TPSA) is 29.5 Å². The Kier molecular flexibility index (Phi) is 3.67. The van der Waals surface area contributed by atoms with E-state index < -0.39 is 0 Å². The molecule has 0 saturated heterocycles. The molecular formula is C17H14ClNO2. The number of nitrogens with zero attached hydrogens (tertiary/aromatic N) is 1. The number of carbonyl (C=O) groups is 1. The van der Waals surface area contributed by atoms with E-state index in [9.17, 15) is 4.79 Å². The Labute approximate surface area is 128 Å². The Morgan fingerprint density at radius 3 is 2.71 bits per heavy atom. The molecule has 0 fully saturated rings. The molecule has 0 atom stereocenters. The third kappa shape index (κ3) is 2.78. The number of benzene rings is 2. The van der Waals surface area contributed by atoms with E-state index >= 15 is 0 Å². The lowest BCUT2D eigenvalue weighted by Gasteiger charge is -2.31. The van der Waals surface area contributed by atoms with E-state index in [0.717, 1.165) is 11.3 Å². The van der Waals surface area contributed by atoms with Crippen molar-refractivity contribution in [1.82, 2.24) is 0 Å².